The Bertz CT molecular complexity index is 548. The van der Waals surface area contributed by atoms with Crippen LogP contribution in [0.15, 0.2) is 10.9 Å². The lowest BCUT2D eigenvalue weighted by molar-refractivity contribution is 0.0595. The third-order valence-corrected chi connectivity index (χ3v) is 3.29. The number of hydrogen-bond donors (Lipinski definition) is 1. The average Bonchev–Trinajstić information content (AvgIpc) is 2.96. The summed E-state index contributed by atoms with van der Waals surface area (Å²) in [4.78, 5) is 19.8. The van der Waals surface area contributed by atoms with Crippen LogP contribution in [0.4, 0.5) is 5.82 Å². The van der Waals surface area contributed by atoms with Gasteiger partial charge in [0.25, 0.3) is 0 Å². The van der Waals surface area contributed by atoms with Gasteiger partial charge in [0.1, 0.15) is 11.6 Å². The Labute approximate surface area is 108 Å². The van der Waals surface area contributed by atoms with Crippen LogP contribution in [0.5, 0.6) is 0 Å². The fraction of sp³-hybridized carbons (Fsp3) is 0.364. The monoisotopic (exact) mass is 266 g/mol. The van der Waals surface area contributed by atoms with E-state index in [0.717, 1.165) is 12.1 Å². The lowest BCUT2D eigenvalue weighted by Crippen LogP contribution is -2.10. The smallest absolute Gasteiger partial charge is 0.360 e. The number of nitrogen functional groups attached to an aromatic ring is 1. The predicted octanol–water partition coefficient (Wildman–Crippen LogP) is 1.26. The number of esters is 1. The van der Waals surface area contributed by atoms with Crippen molar-refractivity contribution < 1.29 is 9.53 Å². The zero-order chi connectivity index (χ0) is 13.1. The highest BCUT2D eigenvalue weighted by molar-refractivity contribution is 7.07. The predicted molar refractivity (Wildman–Crippen MR) is 68.5 cm³/mol. The number of nitrogens with zero attached hydrogens (tertiary/aromatic N) is 3. The standard InChI is InChI=1S/C11H14N4O2S/c1-7-14-9(11(16)17-2)10(12)15(7)4-3-8-5-18-6-13-8/h5-6H,3-4,12H2,1-2H3. The summed E-state index contributed by atoms with van der Waals surface area (Å²) in [6, 6.07) is 0. The Kier molecular flexibility index (Phi) is 3.61. The summed E-state index contributed by atoms with van der Waals surface area (Å²) in [5.41, 5.74) is 8.87. The van der Waals surface area contributed by atoms with Crippen LogP contribution in [-0.2, 0) is 17.7 Å². The normalized spacial score (nSPS) is 10.6. The van der Waals surface area contributed by atoms with E-state index < -0.39 is 5.97 Å². The number of thiazole rings is 1. The molecule has 0 bridgehead atoms. The molecule has 2 aromatic rings. The van der Waals surface area contributed by atoms with Gasteiger partial charge in [0.05, 0.1) is 18.3 Å². The molecule has 2 N–H and O–H groups in total. The third kappa shape index (κ3) is 2.35. The van der Waals surface area contributed by atoms with E-state index in [2.05, 4.69) is 14.7 Å². The molecule has 0 aliphatic rings. The van der Waals surface area contributed by atoms with Crippen molar-refractivity contribution in [2.75, 3.05) is 12.8 Å². The van der Waals surface area contributed by atoms with Crippen molar-refractivity contribution in [1.82, 2.24) is 14.5 Å². The van der Waals surface area contributed by atoms with Crippen LogP contribution in [0.1, 0.15) is 22.0 Å². The molecule has 0 aliphatic carbocycles. The van der Waals surface area contributed by atoms with Gasteiger partial charge in [0, 0.05) is 18.3 Å². The SMILES string of the molecule is COC(=O)c1nc(C)n(CCc2cscn2)c1N. The first-order valence-corrected chi connectivity index (χ1v) is 6.35. The lowest BCUT2D eigenvalue weighted by atomic mass is 10.3. The number of methoxy groups -OCH3 is 1. The van der Waals surface area contributed by atoms with E-state index in [1.165, 1.54) is 7.11 Å². The van der Waals surface area contributed by atoms with Crippen molar-refractivity contribution in [2.24, 2.45) is 0 Å². The molecule has 7 heteroatoms. The zero-order valence-corrected chi connectivity index (χ0v) is 11.0. The van der Waals surface area contributed by atoms with Gasteiger partial charge in [-0.3, -0.25) is 0 Å². The van der Waals surface area contributed by atoms with E-state index in [9.17, 15) is 4.79 Å². The van der Waals surface area contributed by atoms with Crippen molar-refractivity contribution >= 4 is 23.1 Å². The molecule has 0 amide bonds. The van der Waals surface area contributed by atoms with Crippen LogP contribution in [0.3, 0.4) is 0 Å². The molecule has 2 aromatic heterocycles. The maximum absolute atomic E-state index is 11.4. The number of ether oxygens (including phenoxy) is 1. The topological polar surface area (TPSA) is 83.0 Å². The molecule has 0 radical (unpaired) electrons. The summed E-state index contributed by atoms with van der Waals surface area (Å²) < 4.78 is 6.43. The molecule has 0 aromatic carbocycles. The van der Waals surface area contributed by atoms with Crippen molar-refractivity contribution in [3.63, 3.8) is 0 Å². The zero-order valence-electron chi connectivity index (χ0n) is 10.2. The summed E-state index contributed by atoms with van der Waals surface area (Å²) in [7, 11) is 1.31. The summed E-state index contributed by atoms with van der Waals surface area (Å²) in [5.74, 6) is 0.528. The summed E-state index contributed by atoms with van der Waals surface area (Å²) >= 11 is 1.56. The Morgan fingerprint density at radius 3 is 3.00 bits per heavy atom. The maximum Gasteiger partial charge on any atom is 0.360 e. The fourth-order valence-corrected chi connectivity index (χ4v) is 2.29. The second kappa shape index (κ2) is 5.18. The minimum absolute atomic E-state index is 0.174. The van der Waals surface area contributed by atoms with Gasteiger partial charge in [0.2, 0.25) is 0 Å². The largest absolute Gasteiger partial charge is 0.464 e. The summed E-state index contributed by atoms with van der Waals surface area (Å²) in [5, 5.41) is 1.99. The van der Waals surface area contributed by atoms with Crippen molar-refractivity contribution in [3.05, 3.63) is 28.1 Å². The van der Waals surface area contributed by atoms with Gasteiger partial charge in [0.15, 0.2) is 5.69 Å². The van der Waals surface area contributed by atoms with Gasteiger partial charge in [-0.2, -0.15) is 0 Å². The first kappa shape index (κ1) is 12.6. The number of carbonyl (C=O) groups is 1. The average molecular weight is 266 g/mol. The second-order valence-electron chi connectivity index (χ2n) is 3.77. The fourth-order valence-electron chi connectivity index (χ4n) is 1.70. The van der Waals surface area contributed by atoms with Crippen molar-refractivity contribution in [1.29, 1.82) is 0 Å². The van der Waals surface area contributed by atoms with E-state index in [1.54, 1.807) is 21.4 Å². The lowest BCUT2D eigenvalue weighted by Gasteiger charge is -2.06. The third-order valence-electron chi connectivity index (χ3n) is 2.65. The number of imidazole rings is 1. The molecule has 2 rings (SSSR count). The van der Waals surface area contributed by atoms with Crippen LogP contribution in [0.25, 0.3) is 0 Å². The van der Waals surface area contributed by atoms with Crippen LogP contribution < -0.4 is 5.73 Å². The van der Waals surface area contributed by atoms with Gasteiger partial charge in [-0.1, -0.05) is 0 Å². The molecule has 0 fully saturated rings. The number of carbonyl (C=O) groups excluding carboxylic acids is 1. The number of aromatic nitrogens is 3. The first-order valence-electron chi connectivity index (χ1n) is 5.41. The minimum atomic E-state index is -0.511. The number of nitrogens with two attached hydrogens (primary N) is 1. The van der Waals surface area contributed by atoms with Gasteiger partial charge >= 0.3 is 5.97 Å². The minimum Gasteiger partial charge on any atom is -0.464 e. The maximum atomic E-state index is 11.4. The quantitative estimate of drug-likeness (QED) is 0.842. The second-order valence-corrected chi connectivity index (χ2v) is 4.48. The molecule has 0 saturated heterocycles. The molecule has 96 valence electrons. The van der Waals surface area contributed by atoms with Gasteiger partial charge in [-0.25, -0.2) is 14.8 Å². The van der Waals surface area contributed by atoms with Crippen LogP contribution in [0.2, 0.25) is 0 Å². The van der Waals surface area contributed by atoms with Crippen LogP contribution in [-0.4, -0.2) is 27.6 Å². The molecular weight excluding hydrogens is 252 g/mol. The van der Waals surface area contributed by atoms with Crippen LogP contribution in [0, 0.1) is 6.92 Å². The molecule has 0 unspecified atom stereocenters. The van der Waals surface area contributed by atoms with Gasteiger partial charge in [-0.15, -0.1) is 11.3 Å². The first-order chi connectivity index (χ1) is 8.63. The van der Waals surface area contributed by atoms with Crippen molar-refractivity contribution in [2.45, 2.75) is 19.9 Å². The van der Waals surface area contributed by atoms with Gasteiger partial charge < -0.3 is 15.0 Å². The van der Waals surface area contributed by atoms with E-state index in [1.807, 2.05) is 12.3 Å². The Hall–Kier alpha value is -1.89. The van der Waals surface area contributed by atoms with Crippen molar-refractivity contribution in [3.8, 4) is 0 Å². The van der Waals surface area contributed by atoms with Gasteiger partial charge in [-0.05, 0) is 6.92 Å². The highest BCUT2D eigenvalue weighted by Gasteiger charge is 2.18. The van der Waals surface area contributed by atoms with Crippen LogP contribution >= 0.6 is 11.3 Å². The molecule has 0 saturated carbocycles. The molecule has 0 spiro atoms. The number of hydrogen-bond acceptors (Lipinski definition) is 6. The molecule has 0 aliphatic heterocycles. The highest BCUT2D eigenvalue weighted by Crippen LogP contribution is 2.16. The molecule has 18 heavy (non-hydrogen) atoms. The number of anilines is 1. The van der Waals surface area contributed by atoms with E-state index >= 15 is 0 Å². The summed E-state index contributed by atoms with van der Waals surface area (Å²) in [6.45, 7) is 2.45. The molecule has 2 heterocycles. The number of rotatable bonds is 4. The molecule has 0 atom stereocenters. The molecular formula is C11H14N4O2S. The Balaban J connectivity index is 2.18. The Morgan fingerprint density at radius 1 is 1.61 bits per heavy atom. The van der Waals surface area contributed by atoms with E-state index in [0.29, 0.717) is 18.2 Å². The summed E-state index contributed by atoms with van der Waals surface area (Å²) in [6.07, 6.45) is 0.755. The van der Waals surface area contributed by atoms with E-state index in [4.69, 9.17) is 5.73 Å². The van der Waals surface area contributed by atoms with E-state index in [-0.39, 0.29) is 5.69 Å². The number of aryl methyl sites for hydroxylation is 2. The highest BCUT2D eigenvalue weighted by atomic mass is 32.1. The molecule has 6 nitrogen and oxygen atoms in total. The Morgan fingerprint density at radius 2 is 2.39 bits per heavy atom.